The van der Waals surface area contributed by atoms with Gasteiger partial charge < -0.3 is 25.6 Å². The minimum Gasteiger partial charge on any atom is -0.508 e. The molecule has 0 atom stereocenters. The summed E-state index contributed by atoms with van der Waals surface area (Å²) in [6.07, 6.45) is 0. The number of methoxy groups -OCH3 is 1. The zero-order chi connectivity index (χ0) is 20.0. The normalized spacial score (nSPS) is 10.5. The number of hydrogen-bond donors (Lipinski definition) is 4. The lowest BCUT2D eigenvalue weighted by molar-refractivity contribution is 0.0993. The Morgan fingerprint density at radius 3 is 2.37 bits per heavy atom. The largest absolute Gasteiger partial charge is 0.508 e. The van der Waals surface area contributed by atoms with Crippen LogP contribution in [0.5, 0.6) is 17.2 Å². The minimum atomic E-state index is -0.317. The molecule has 144 valence electrons. The number of nitrogens with one attached hydrogen (secondary N) is 2. The summed E-state index contributed by atoms with van der Waals surface area (Å²) in [5.41, 5.74) is 1.78. The van der Waals surface area contributed by atoms with Crippen LogP contribution < -0.4 is 15.4 Å². The fraction of sp³-hybridized carbons (Fsp3) is 0.300. The number of benzene rings is 2. The summed E-state index contributed by atoms with van der Waals surface area (Å²) in [4.78, 5) is 12.4. The van der Waals surface area contributed by atoms with E-state index in [1.165, 1.54) is 12.1 Å². The van der Waals surface area contributed by atoms with E-state index in [2.05, 4.69) is 10.6 Å². The molecule has 2 aromatic rings. The number of phenolic OH excluding ortho intramolecular Hbond substituents is 2. The molecular weight excluding hydrogens is 364 g/mol. The molecule has 0 aliphatic rings. The van der Waals surface area contributed by atoms with Crippen LogP contribution in [0, 0.1) is 0 Å². The number of phenols is 2. The summed E-state index contributed by atoms with van der Waals surface area (Å²) in [5.74, 6) is 0.212. The first-order valence-corrected chi connectivity index (χ1v) is 8.96. The molecule has 6 nitrogen and oxygen atoms in total. The first kappa shape index (κ1) is 20.5. The number of thiocarbonyl (C=S) groups is 1. The second-order valence-corrected chi connectivity index (χ2v) is 6.80. The van der Waals surface area contributed by atoms with Crippen molar-refractivity contribution in [2.75, 3.05) is 13.7 Å². The molecule has 7 heteroatoms. The average Bonchev–Trinajstić information content (AvgIpc) is 2.64. The Balaban J connectivity index is 1.90. The molecule has 0 heterocycles. The number of carbonyl (C=O) groups excluding carboxylic acids is 1. The molecule has 2 aromatic carbocycles. The van der Waals surface area contributed by atoms with Crippen LogP contribution in [0.15, 0.2) is 36.4 Å². The smallest absolute Gasteiger partial charge is 0.185 e. The Labute approximate surface area is 164 Å². The lowest BCUT2D eigenvalue weighted by atomic mass is 9.97. The number of ketones is 1. The molecule has 0 fully saturated rings. The van der Waals surface area contributed by atoms with E-state index in [1.807, 2.05) is 38.1 Å². The van der Waals surface area contributed by atoms with Gasteiger partial charge in [0.1, 0.15) is 17.2 Å². The van der Waals surface area contributed by atoms with Gasteiger partial charge in [-0.1, -0.05) is 26.0 Å². The SMILES string of the molecule is COc1ccc(CNC(=S)NCC(=O)c2cc(C(C)C)c(O)cc2O)cc1. The van der Waals surface area contributed by atoms with E-state index in [0.29, 0.717) is 17.2 Å². The molecule has 0 saturated carbocycles. The highest BCUT2D eigenvalue weighted by atomic mass is 32.1. The molecule has 4 N–H and O–H groups in total. The average molecular weight is 388 g/mol. The van der Waals surface area contributed by atoms with Crippen molar-refractivity contribution in [3.05, 3.63) is 53.1 Å². The third-order valence-electron chi connectivity index (χ3n) is 4.09. The maximum Gasteiger partial charge on any atom is 0.185 e. The number of hydrogen-bond acceptors (Lipinski definition) is 5. The van der Waals surface area contributed by atoms with Gasteiger partial charge in [-0.2, -0.15) is 0 Å². The third-order valence-corrected chi connectivity index (χ3v) is 4.38. The van der Waals surface area contributed by atoms with Gasteiger partial charge in [-0.15, -0.1) is 0 Å². The second kappa shape index (κ2) is 9.23. The van der Waals surface area contributed by atoms with Crippen molar-refractivity contribution < 1.29 is 19.7 Å². The highest BCUT2D eigenvalue weighted by Crippen LogP contribution is 2.32. The number of ether oxygens (including phenoxy) is 1. The van der Waals surface area contributed by atoms with Crippen molar-refractivity contribution in [3.63, 3.8) is 0 Å². The molecule has 0 unspecified atom stereocenters. The lowest BCUT2D eigenvalue weighted by Crippen LogP contribution is -2.37. The Hall–Kier alpha value is -2.80. The number of rotatable bonds is 7. The lowest BCUT2D eigenvalue weighted by Gasteiger charge is -2.13. The van der Waals surface area contributed by atoms with Gasteiger partial charge in [0.05, 0.1) is 19.2 Å². The van der Waals surface area contributed by atoms with Crippen molar-refractivity contribution in [2.24, 2.45) is 0 Å². The van der Waals surface area contributed by atoms with E-state index in [9.17, 15) is 15.0 Å². The maximum absolute atomic E-state index is 12.4. The van der Waals surface area contributed by atoms with Crippen molar-refractivity contribution in [1.82, 2.24) is 10.6 Å². The van der Waals surface area contributed by atoms with Crippen molar-refractivity contribution in [2.45, 2.75) is 26.3 Å². The number of Topliss-reactive ketones (excluding diaryl/α,β-unsaturated/α-hetero) is 1. The highest BCUT2D eigenvalue weighted by Gasteiger charge is 2.17. The van der Waals surface area contributed by atoms with E-state index >= 15 is 0 Å². The highest BCUT2D eigenvalue weighted by molar-refractivity contribution is 7.80. The van der Waals surface area contributed by atoms with Crippen LogP contribution in [-0.2, 0) is 6.54 Å². The fourth-order valence-corrected chi connectivity index (χ4v) is 2.67. The Bertz CT molecular complexity index is 819. The summed E-state index contributed by atoms with van der Waals surface area (Å²) in [6.45, 7) is 4.24. The first-order chi connectivity index (χ1) is 12.8. The monoisotopic (exact) mass is 388 g/mol. The molecule has 0 spiro atoms. The molecule has 0 aliphatic carbocycles. The Kier molecular flexibility index (Phi) is 7.01. The maximum atomic E-state index is 12.4. The van der Waals surface area contributed by atoms with Gasteiger partial charge in [-0.3, -0.25) is 4.79 Å². The van der Waals surface area contributed by atoms with Crippen LogP contribution in [0.3, 0.4) is 0 Å². The van der Waals surface area contributed by atoms with Crippen LogP contribution in [0.2, 0.25) is 0 Å². The van der Waals surface area contributed by atoms with Gasteiger partial charge in [0, 0.05) is 12.6 Å². The molecular formula is C20H24N2O4S. The van der Waals surface area contributed by atoms with E-state index in [0.717, 1.165) is 11.3 Å². The van der Waals surface area contributed by atoms with Crippen molar-refractivity contribution in [1.29, 1.82) is 0 Å². The third kappa shape index (κ3) is 5.59. The number of aromatic hydroxyl groups is 2. The summed E-state index contributed by atoms with van der Waals surface area (Å²) in [6, 6.07) is 10.3. The van der Waals surface area contributed by atoms with Crippen LogP contribution in [0.4, 0.5) is 0 Å². The predicted octanol–water partition coefficient (Wildman–Crippen LogP) is 3.08. The Morgan fingerprint density at radius 1 is 1.11 bits per heavy atom. The van der Waals surface area contributed by atoms with Gasteiger partial charge in [0.15, 0.2) is 10.9 Å². The summed E-state index contributed by atoms with van der Waals surface area (Å²) < 4.78 is 5.11. The molecule has 0 aromatic heterocycles. The summed E-state index contributed by atoms with van der Waals surface area (Å²) in [5, 5.41) is 26.0. The number of carbonyl (C=O) groups is 1. The quantitative estimate of drug-likeness (QED) is 0.428. The van der Waals surface area contributed by atoms with Crippen LogP contribution in [0.1, 0.15) is 41.3 Å². The van der Waals surface area contributed by atoms with Gasteiger partial charge >= 0.3 is 0 Å². The zero-order valence-corrected chi connectivity index (χ0v) is 16.4. The van der Waals surface area contributed by atoms with Crippen molar-refractivity contribution >= 4 is 23.1 Å². The fourth-order valence-electron chi connectivity index (χ4n) is 2.52. The van der Waals surface area contributed by atoms with Gasteiger partial charge in [-0.25, -0.2) is 0 Å². The van der Waals surface area contributed by atoms with E-state index in [4.69, 9.17) is 17.0 Å². The standard InChI is InChI=1S/C20H24N2O4S/c1-12(2)15-8-16(18(24)9-17(15)23)19(25)11-22-20(27)21-10-13-4-6-14(26-3)7-5-13/h4-9,12,23-24H,10-11H2,1-3H3,(H2,21,22,27). The molecule has 27 heavy (non-hydrogen) atoms. The predicted molar refractivity (Wildman–Crippen MR) is 109 cm³/mol. The summed E-state index contributed by atoms with van der Waals surface area (Å²) in [7, 11) is 1.61. The second-order valence-electron chi connectivity index (χ2n) is 6.39. The Morgan fingerprint density at radius 2 is 1.78 bits per heavy atom. The molecule has 0 bridgehead atoms. The van der Waals surface area contributed by atoms with Crippen LogP contribution >= 0.6 is 12.2 Å². The summed E-state index contributed by atoms with van der Waals surface area (Å²) >= 11 is 5.19. The van der Waals surface area contributed by atoms with Crippen LogP contribution in [0.25, 0.3) is 0 Å². The van der Waals surface area contributed by atoms with E-state index in [-0.39, 0.29) is 35.3 Å². The first-order valence-electron chi connectivity index (χ1n) is 8.55. The van der Waals surface area contributed by atoms with Gasteiger partial charge in [0.2, 0.25) is 0 Å². The molecule has 0 aliphatic heterocycles. The van der Waals surface area contributed by atoms with Gasteiger partial charge in [0.25, 0.3) is 0 Å². The molecule has 2 rings (SSSR count). The topological polar surface area (TPSA) is 90.8 Å². The molecule has 0 saturated heterocycles. The zero-order valence-electron chi connectivity index (χ0n) is 15.6. The van der Waals surface area contributed by atoms with E-state index in [1.54, 1.807) is 7.11 Å². The van der Waals surface area contributed by atoms with Crippen molar-refractivity contribution in [3.8, 4) is 17.2 Å². The molecule has 0 radical (unpaired) electrons. The molecule has 0 amide bonds. The van der Waals surface area contributed by atoms with Gasteiger partial charge in [-0.05, 0) is 47.5 Å². The van der Waals surface area contributed by atoms with E-state index < -0.39 is 0 Å². The van der Waals surface area contributed by atoms with Crippen LogP contribution in [-0.4, -0.2) is 34.8 Å². The minimum absolute atomic E-state index is 0.0244.